The summed E-state index contributed by atoms with van der Waals surface area (Å²) in [5, 5.41) is 3.32. The number of methoxy groups -OCH3 is 2. The topological polar surface area (TPSA) is 56.8 Å². The molecule has 1 fully saturated rings. The van der Waals surface area contributed by atoms with Crippen LogP contribution in [0, 0.1) is 0 Å². The normalized spacial score (nSPS) is 22.1. The van der Waals surface area contributed by atoms with E-state index in [1.807, 2.05) is 0 Å². The first-order valence-corrected chi connectivity index (χ1v) is 6.74. The first-order valence-electron chi connectivity index (χ1n) is 6.74. The van der Waals surface area contributed by atoms with E-state index in [2.05, 4.69) is 12.2 Å². The SMILES string of the molecule is COC(=O)c1ccc(OC)c(OC2(C)CCCNC2)c1. The van der Waals surface area contributed by atoms with E-state index in [0.29, 0.717) is 17.1 Å². The fourth-order valence-corrected chi connectivity index (χ4v) is 2.38. The Morgan fingerprint density at radius 2 is 2.10 bits per heavy atom. The predicted octanol–water partition coefficient (Wildman–Crippen LogP) is 2.00. The molecule has 1 atom stereocenters. The van der Waals surface area contributed by atoms with E-state index in [1.165, 1.54) is 7.11 Å². The molecule has 1 aromatic rings. The number of nitrogens with one attached hydrogen (secondary N) is 1. The number of ether oxygens (including phenoxy) is 3. The van der Waals surface area contributed by atoms with Crippen molar-refractivity contribution in [1.29, 1.82) is 0 Å². The zero-order valence-corrected chi connectivity index (χ0v) is 12.2. The molecule has 0 amide bonds. The molecular formula is C15H21NO4. The molecule has 0 aromatic heterocycles. The minimum absolute atomic E-state index is 0.291. The Morgan fingerprint density at radius 3 is 2.70 bits per heavy atom. The van der Waals surface area contributed by atoms with E-state index in [9.17, 15) is 4.79 Å². The van der Waals surface area contributed by atoms with Gasteiger partial charge in [-0.15, -0.1) is 0 Å². The number of hydrogen-bond donors (Lipinski definition) is 1. The lowest BCUT2D eigenvalue weighted by molar-refractivity contribution is 0.0558. The van der Waals surface area contributed by atoms with Crippen LogP contribution in [0.5, 0.6) is 11.5 Å². The van der Waals surface area contributed by atoms with Crippen molar-refractivity contribution < 1.29 is 19.0 Å². The molecule has 0 radical (unpaired) electrons. The average molecular weight is 279 g/mol. The minimum Gasteiger partial charge on any atom is -0.493 e. The van der Waals surface area contributed by atoms with Gasteiger partial charge in [0.2, 0.25) is 0 Å². The Bertz CT molecular complexity index is 481. The summed E-state index contributed by atoms with van der Waals surface area (Å²) in [5.74, 6) is 0.801. The highest BCUT2D eigenvalue weighted by atomic mass is 16.5. The third-order valence-electron chi connectivity index (χ3n) is 3.50. The van der Waals surface area contributed by atoms with Crippen LogP contribution in [-0.4, -0.2) is 38.9 Å². The summed E-state index contributed by atoms with van der Waals surface area (Å²) in [6, 6.07) is 5.06. The number of carbonyl (C=O) groups is 1. The predicted molar refractivity (Wildman–Crippen MR) is 75.5 cm³/mol. The zero-order chi connectivity index (χ0) is 14.6. The van der Waals surface area contributed by atoms with Crippen LogP contribution in [0.25, 0.3) is 0 Å². The Kier molecular flexibility index (Phi) is 4.49. The number of hydrogen-bond acceptors (Lipinski definition) is 5. The van der Waals surface area contributed by atoms with Crippen molar-refractivity contribution in [2.75, 3.05) is 27.3 Å². The molecule has 2 rings (SSSR count). The van der Waals surface area contributed by atoms with Gasteiger partial charge in [0.1, 0.15) is 5.60 Å². The van der Waals surface area contributed by atoms with E-state index in [-0.39, 0.29) is 11.6 Å². The first-order chi connectivity index (χ1) is 9.58. The Hall–Kier alpha value is -1.75. The lowest BCUT2D eigenvalue weighted by atomic mass is 9.96. The number of carbonyl (C=O) groups excluding carboxylic acids is 1. The number of rotatable bonds is 4. The standard InChI is InChI=1S/C15H21NO4/c1-15(7-4-8-16-10-15)20-13-9-11(14(17)19-3)5-6-12(13)18-2/h5-6,9,16H,4,7-8,10H2,1-3H3. The van der Waals surface area contributed by atoms with Gasteiger partial charge in [-0.2, -0.15) is 0 Å². The van der Waals surface area contributed by atoms with E-state index < -0.39 is 0 Å². The maximum atomic E-state index is 11.6. The lowest BCUT2D eigenvalue weighted by Crippen LogP contribution is -2.47. The summed E-state index contributed by atoms with van der Waals surface area (Å²) in [6.07, 6.45) is 2.03. The van der Waals surface area contributed by atoms with Crippen LogP contribution in [0.3, 0.4) is 0 Å². The van der Waals surface area contributed by atoms with Gasteiger partial charge in [0.05, 0.1) is 19.8 Å². The van der Waals surface area contributed by atoms with Crippen LogP contribution in [0.1, 0.15) is 30.1 Å². The Balaban J connectivity index is 2.26. The second kappa shape index (κ2) is 6.13. The second-order valence-electron chi connectivity index (χ2n) is 5.19. The highest BCUT2D eigenvalue weighted by molar-refractivity contribution is 5.90. The summed E-state index contributed by atoms with van der Waals surface area (Å²) in [6.45, 7) is 3.85. The van der Waals surface area contributed by atoms with Crippen LogP contribution >= 0.6 is 0 Å². The molecular weight excluding hydrogens is 258 g/mol. The second-order valence-corrected chi connectivity index (χ2v) is 5.19. The molecule has 5 nitrogen and oxygen atoms in total. The van der Waals surface area contributed by atoms with E-state index in [4.69, 9.17) is 14.2 Å². The number of piperidine rings is 1. The molecule has 1 saturated heterocycles. The van der Waals surface area contributed by atoms with Crippen LogP contribution < -0.4 is 14.8 Å². The highest BCUT2D eigenvalue weighted by Gasteiger charge is 2.30. The number of esters is 1. The van der Waals surface area contributed by atoms with Gasteiger partial charge in [-0.25, -0.2) is 4.79 Å². The van der Waals surface area contributed by atoms with Crippen molar-refractivity contribution in [1.82, 2.24) is 5.32 Å². The molecule has 1 unspecified atom stereocenters. The molecule has 5 heteroatoms. The molecule has 0 bridgehead atoms. The van der Waals surface area contributed by atoms with Gasteiger partial charge >= 0.3 is 5.97 Å². The third-order valence-corrected chi connectivity index (χ3v) is 3.50. The van der Waals surface area contributed by atoms with Crippen molar-refractivity contribution in [3.8, 4) is 11.5 Å². The van der Waals surface area contributed by atoms with Crippen molar-refractivity contribution in [2.24, 2.45) is 0 Å². The largest absolute Gasteiger partial charge is 0.493 e. The molecule has 1 N–H and O–H groups in total. The van der Waals surface area contributed by atoms with Crippen molar-refractivity contribution in [3.63, 3.8) is 0 Å². The summed E-state index contributed by atoms with van der Waals surface area (Å²) in [4.78, 5) is 11.6. The quantitative estimate of drug-likeness (QED) is 0.854. The molecule has 1 aliphatic rings. The summed E-state index contributed by atoms with van der Waals surface area (Å²) in [7, 11) is 2.95. The molecule has 0 spiro atoms. The molecule has 0 aliphatic carbocycles. The molecule has 0 saturated carbocycles. The summed E-state index contributed by atoms with van der Waals surface area (Å²) < 4.78 is 16.1. The lowest BCUT2D eigenvalue weighted by Gasteiger charge is -2.35. The Labute approximate surface area is 119 Å². The monoisotopic (exact) mass is 279 g/mol. The fourth-order valence-electron chi connectivity index (χ4n) is 2.38. The van der Waals surface area contributed by atoms with Gasteiger partial charge in [-0.05, 0) is 44.5 Å². The zero-order valence-electron chi connectivity index (χ0n) is 12.2. The van der Waals surface area contributed by atoms with Gasteiger partial charge in [0, 0.05) is 6.54 Å². The Morgan fingerprint density at radius 1 is 1.30 bits per heavy atom. The molecule has 1 aliphatic heterocycles. The van der Waals surface area contributed by atoms with E-state index >= 15 is 0 Å². The van der Waals surface area contributed by atoms with Crippen molar-refractivity contribution in [2.45, 2.75) is 25.4 Å². The van der Waals surface area contributed by atoms with Crippen molar-refractivity contribution in [3.05, 3.63) is 23.8 Å². The van der Waals surface area contributed by atoms with Crippen LogP contribution in [-0.2, 0) is 4.74 Å². The first kappa shape index (κ1) is 14.7. The summed E-state index contributed by atoms with van der Waals surface area (Å²) >= 11 is 0. The maximum absolute atomic E-state index is 11.6. The van der Waals surface area contributed by atoms with Crippen molar-refractivity contribution >= 4 is 5.97 Å². The molecule has 1 aromatic carbocycles. The molecule has 1 heterocycles. The molecule has 20 heavy (non-hydrogen) atoms. The fraction of sp³-hybridized carbons (Fsp3) is 0.533. The van der Waals surface area contributed by atoms with Gasteiger partial charge in [0.15, 0.2) is 11.5 Å². The van der Waals surface area contributed by atoms with Crippen LogP contribution in [0.15, 0.2) is 18.2 Å². The van der Waals surface area contributed by atoms with Gasteiger partial charge < -0.3 is 19.5 Å². The van der Waals surface area contributed by atoms with E-state index in [1.54, 1.807) is 25.3 Å². The maximum Gasteiger partial charge on any atom is 0.337 e. The summed E-state index contributed by atoms with van der Waals surface area (Å²) in [5.41, 5.74) is 0.163. The van der Waals surface area contributed by atoms with E-state index in [0.717, 1.165) is 25.9 Å². The third kappa shape index (κ3) is 3.22. The van der Waals surface area contributed by atoms with Gasteiger partial charge in [0.25, 0.3) is 0 Å². The number of benzene rings is 1. The minimum atomic E-state index is -0.385. The smallest absolute Gasteiger partial charge is 0.337 e. The highest BCUT2D eigenvalue weighted by Crippen LogP contribution is 2.33. The van der Waals surface area contributed by atoms with Crippen LogP contribution in [0.4, 0.5) is 0 Å². The van der Waals surface area contributed by atoms with Crippen LogP contribution in [0.2, 0.25) is 0 Å². The average Bonchev–Trinajstić information content (AvgIpc) is 2.46. The molecule has 110 valence electrons. The van der Waals surface area contributed by atoms with Gasteiger partial charge in [-0.1, -0.05) is 0 Å². The van der Waals surface area contributed by atoms with Gasteiger partial charge in [-0.3, -0.25) is 0 Å².